The molecule has 0 bridgehead atoms. The number of allylic oxidation sites excluding steroid dienone is 2. The smallest absolute Gasteiger partial charge is 0.330 e. The molecule has 0 saturated carbocycles. The number of aliphatic hydroxyl groups is 5. The molecule has 14 heteroatoms. The molecule has 0 aliphatic carbocycles. The first-order chi connectivity index (χ1) is 19.7. The summed E-state index contributed by atoms with van der Waals surface area (Å²) in [7, 11) is 0. The largest absolute Gasteiger partial charge is 0.463 e. The van der Waals surface area contributed by atoms with Crippen molar-refractivity contribution in [1.82, 2.24) is 0 Å². The van der Waals surface area contributed by atoms with Gasteiger partial charge in [-0.05, 0) is 25.3 Å². The first kappa shape index (κ1) is 50.6. The average molecular weight is 594 g/mol. The van der Waals surface area contributed by atoms with Crippen LogP contribution in [0, 0.1) is 11.3 Å². The zero-order valence-electron chi connectivity index (χ0n) is 24.0. The molecule has 0 fully saturated rings. The lowest BCUT2D eigenvalue weighted by molar-refractivity contribution is -0.139. The highest BCUT2D eigenvalue weighted by atomic mass is 16.5. The molecule has 41 heavy (non-hydrogen) atoms. The van der Waals surface area contributed by atoms with Crippen molar-refractivity contribution in [3.63, 3.8) is 0 Å². The SMILES string of the molecule is C=CC#N.C=CC(=O)CCCO.C=CC(=O)OCCCCO.C=CC(=O)OCCO.NCCOCCN.OCCO. The number of aliphatic hydroxyl groups excluding tert-OH is 5. The van der Waals surface area contributed by atoms with E-state index in [1.165, 1.54) is 12.2 Å². The zero-order valence-corrected chi connectivity index (χ0v) is 24.0. The Balaban J connectivity index is -0.0000000922. The maximum Gasteiger partial charge on any atom is 0.330 e. The predicted molar refractivity (Wildman–Crippen MR) is 156 cm³/mol. The van der Waals surface area contributed by atoms with Gasteiger partial charge in [0.25, 0.3) is 0 Å². The molecule has 240 valence electrons. The molecule has 0 radical (unpaired) electrons. The molecule has 0 unspecified atom stereocenters. The Labute approximate surface area is 243 Å². The van der Waals surface area contributed by atoms with Gasteiger partial charge in [-0.2, -0.15) is 5.26 Å². The van der Waals surface area contributed by atoms with E-state index in [4.69, 9.17) is 47.0 Å². The second-order valence-electron chi connectivity index (χ2n) is 6.37. The van der Waals surface area contributed by atoms with Gasteiger partial charge in [0.1, 0.15) is 6.61 Å². The van der Waals surface area contributed by atoms with E-state index in [1.807, 2.05) is 0 Å². The van der Waals surface area contributed by atoms with Crippen molar-refractivity contribution in [2.24, 2.45) is 11.5 Å². The summed E-state index contributed by atoms with van der Waals surface area (Å²) in [5, 5.41) is 47.4. The number of unbranched alkanes of at least 4 members (excludes halogenated alkanes) is 1. The topological polar surface area (TPSA) is 256 Å². The van der Waals surface area contributed by atoms with E-state index in [0.717, 1.165) is 12.2 Å². The van der Waals surface area contributed by atoms with Crippen LogP contribution in [-0.4, -0.2) is 116 Å². The minimum absolute atomic E-state index is 0.000880. The van der Waals surface area contributed by atoms with Crippen LogP contribution in [0.25, 0.3) is 0 Å². The summed E-state index contributed by atoms with van der Waals surface area (Å²) in [6.07, 6.45) is 6.97. The van der Waals surface area contributed by atoms with Crippen LogP contribution in [0.5, 0.6) is 0 Å². The van der Waals surface area contributed by atoms with Gasteiger partial charge in [-0.15, -0.1) is 0 Å². The number of hydrogen-bond donors (Lipinski definition) is 7. The maximum absolute atomic E-state index is 10.4. The fourth-order valence-corrected chi connectivity index (χ4v) is 1.27. The first-order valence-corrected chi connectivity index (χ1v) is 12.4. The number of rotatable bonds is 17. The number of carbonyl (C=O) groups is 3. The van der Waals surface area contributed by atoms with Crippen molar-refractivity contribution < 1.29 is 54.1 Å². The molecule has 0 amide bonds. The van der Waals surface area contributed by atoms with Crippen molar-refractivity contribution in [3.8, 4) is 6.07 Å². The normalized spacial score (nSPS) is 8.15. The third-order valence-electron chi connectivity index (χ3n) is 2.99. The molecule has 0 saturated heterocycles. The molecule has 0 aromatic heterocycles. The Kier molecular flexibility index (Phi) is 70.1. The Morgan fingerprint density at radius 3 is 1.39 bits per heavy atom. The number of carbonyl (C=O) groups excluding carboxylic acids is 3. The predicted octanol–water partition coefficient (Wildman–Crippen LogP) is -0.703. The summed E-state index contributed by atoms with van der Waals surface area (Å²) < 4.78 is 13.8. The first-order valence-electron chi connectivity index (χ1n) is 12.4. The van der Waals surface area contributed by atoms with Crippen molar-refractivity contribution in [1.29, 1.82) is 5.26 Å². The Morgan fingerprint density at radius 1 is 0.659 bits per heavy atom. The van der Waals surface area contributed by atoms with Crippen molar-refractivity contribution in [2.75, 3.05) is 72.6 Å². The summed E-state index contributed by atoms with van der Waals surface area (Å²) in [5.74, 6) is -0.906. The quantitative estimate of drug-likeness (QED) is 0.0476. The van der Waals surface area contributed by atoms with E-state index < -0.39 is 11.9 Å². The van der Waals surface area contributed by atoms with E-state index >= 15 is 0 Å². The van der Waals surface area contributed by atoms with Crippen LogP contribution < -0.4 is 11.5 Å². The number of esters is 2. The lowest BCUT2D eigenvalue weighted by Crippen LogP contribution is -2.13. The highest BCUT2D eigenvalue weighted by molar-refractivity contribution is 5.88. The molecular weight excluding hydrogens is 542 g/mol. The third-order valence-corrected chi connectivity index (χ3v) is 2.99. The minimum atomic E-state index is -0.501. The second kappa shape index (κ2) is 56.8. The van der Waals surface area contributed by atoms with Crippen LogP contribution in [0.1, 0.15) is 25.7 Å². The monoisotopic (exact) mass is 593 g/mol. The maximum atomic E-state index is 10.4. The molecular formula is C27H51N3O11. The second-order valence-corrected chi connectivity index (χ2v) is 6.37. The van der Waals surface area contributed by atoms with Crippen LogP contribution in [0.15, 0.2) is 50.6 Å². The van der Waals surface area contributed by atoms with Crippen LogP contribution in [0.3, 0.4) is 0 Å². The van der Waals surface area contributed by atoms with Crippen molar-refractivity contribution in [3.05, 3.63) is 50.6 Å². The molecule has 0 aliphatic rings. The number of nitriles is 1. The summed E-state index contributed by atoms with van der Waals surface area (Å²) in [6, 6.07) is 1.69. The Hall–Kier alpha value is -3.26. The van der Waals surface area contributed by atoms with E-state index in [2.05, 4.69) is 35.8 Å². The molecule has 0 spiro atoms. The highest BCUT2D eigenvalue weighted by Gasteiger charge is 1.93. The number of hydrogen-bond acceptors (Lipinski definition) is 14. The molecule has 0 atom stereocenters. The van der Waals surface area contributed by atoms with Gasteiger partial charge >= 0.3 is 11.9 Å². The van der Waals surface area contributed by atoms with Crippen LogP contribution in [0.4, 0.5) is 0 Å². The highest BCUT2D eigenvalue weighted by Crippen LogP contribution is 1.89. The summed E-state index contributed by atoms with van der Waals surface area (Å²) in [5.41, 5.74) is 10.2. The van der Waals surface area contributed by atoms with Crippen molar-refractivity contribution in [2.45, 2.75) is 25.7 Å². The number of ether oxygens (including phenoxy) is 3. The third kappa shape index (κ3) is 85.7. The minimum Gasteiger partial charge on any atom is -0.463 e. The van der Waals surface area contributed by atoms with E-state index in [9.17, 15) is 14.4 Å². The van der Waals surface area contributed by atoms with Gasteiger partial charge in [0.2, 0.25) is 0 Å². The van der Waals surface area contributed by atoms with Gasteiger partial charge in [-0.1, -0.05) is 26.3 Å². The van der Waals surface area contributed by atoms with E-state index in [-0.39, 0.29) is 45.4 Å². The molecule has 0 heterocycles. The summed E-state index contributed by atoms with van der Waals surface area (Å²) in [6.45, 7) is 15.5. The average Bonchev–Trinajstić information content (AvgIpc) is 3.01. The lowest BCUT2D eigenvalue weighted by atomic mass is 10.2. The standard InChI is InChI=1S/C7H12O3.C6H10O2.C5H8O3.C4H12N2O.C3H3N.C2H6O2/c1-2-7(9)10-6-4-3-5-8;1-2-6(8)4-3-5-7;1-2-5(7)8-4-3-6;5-1-3-7-4-2-6;1-2-3-4;3-1-2-4/h2,8H,1,3-6H2;2,7H,1,3-5H2;2,6H,1,3-4H2;1-6H2;2H,1H2;3-4H,1-2H2. The van der Waals surface area contributed by atoms with Crippen molar-refractivity contribution >= 4 is 17.7 Å². The van der Waals surface area contributed by atoms with Gasteiger partial charge in [-0.3, -0.25) is 4.79 Å². The fraction of sp³-hybridized carbons (Fsp3) is 0.556. The zero-order chi connectivity index (χ0) is 33.0. The molecule has 14 nitrogen and oxygen atoms in total. The van der Waals surface area contributed by atoms with Gasteiger partial charge < -0.3 is 51.2 Å². The Bertz CT molecular complexity index is 610. The summed E-state index contributed by atoms with van der Waals surface area (Å²) >= 11 is 0. The van der Waals surface area contributed by atoms with E-state index in [1.54, 1.807) is 6.07 Å². The number of ketones is 1. The van der Waals surface area contributed by atoms with E-state index in [0.29, 0.717) is 58.6 Å². The fourth-order valence-electron chi connectivity index (χ4n) is 1.27. The molecule has 9 N–H and O–H groups in total. The Morgan fingerprint density at radius 2 is 1.10 bits per heavy atom. The molecule has 0 aliphatic heterocycles. The van der Waals surface area contributed by atoms with Crippen LogP contribution in [-0.2, 0) is 28.6 Å². The number of nitrogens with zero attached hydrogens (tertiary/aromatic N) is 1. The van der Waals surface area contributed by atoms with Gasteiger partial charge in [0, 0.05) is 51.0 Å². The molecule has 0 aromatic carbocycles. The summed E-state index contributed by atoms with van der Waals surface area (Å²) in [4.78, 5) is 30.8. The molecule has 0 rings (SSSR count). The van der Waals surface area contributed by atoms with Crippen LogP contribution >= 0.6 is 0 Å². The lowest BCUT2D eigenvalue weighted by Gasteiger charge is -1.98. The van der Waals surface area contributed by atoms with Gasteiger partial charge in [0.05, 0.1) is 45.7 Å². The van der Waals surface area contributed by atoms with Gasteiger partial charge in [0.15, 0.2) is 5.78 Å². The number of nitrogens with two attached hydrogens (primary N) is 2. The van der Waals surface area contributed by atoms with Crippen LogP contribution in [0.2, 0.25) is 0 Å². The van der Waals surface area contributed by atoms with Gasteiger partial charge in [-0.25, -0.2) is 9.59 Å². The molecule has 0 aromatic rings.